The van der Waals surface area contributed by atoms with Crippen molar-refractivity contribution in [3.05, 3.63) is 12.2 Å². The van der Waals surface area contributed by atoms with Crippen molar-refractivity contribution < 1.29 is 19.4 Å². The second kappa shape index (κ2) is 13.1. The molecule has 0 aromatic rings. The van der Waals surface area contributed by atoms with Gasteiger partial charge in [-0.3, -0.25) is 4.79 Å². The van der Waals surface area contributed by atoms with E-state index in [1.165, 1.54) is 18.9 Å². The Bertz CT molecular complexity index is 271. The minimum Gasteiger partial charge on any atom is -0.478 e. The van der Waals surface area contributed by atoms with E-state index in [0.29, 0.717) is 13.0 Å². The molecule has 0 saturated carbocycles. The Balaban J connectivity index is 3.15. The van der Waals surface area contributed by atoms with E-state index in [4.69, 9.17) is 9.84 Å². The van der Waals surface area contributed by atoms with Crippen molar-refractivity contribution >= 4 is 11.9 Å². The van der Waals surface area contributed by atoms with E-state index < -0.39 is 5.97 Å². The van der Waals surface area contributed by atoms with Crippen molar-refractivity contribution in [2.75, 3.05) is 6.61 Å². The number of rotatable bonds is 12. The van der Waals surface area contributed by atoms with Crippen LogP contribution in [0.1, 0.15) is 64.7 Å². The molecule has 0 saturated heterocycles. The van der Waals surface area contributed by atoms with Crippen LogP contribution < -0.4 is 0 Å². The van der Waals surface area contributed by atoms with Crippen molar-refractivity contribution in [3.8, 4) is 0 Å². The Morgan fingerprint density at radius 3 is 2.16 bits per heavy atom. The van der Waals surface area contributed by atoms with Crippen LogP contribution in [-0.4, -0.2) is 23.7 Å². The van der Waals surface area contributed by atoms with Gasteiger partial charge >= 0.3 is 11.9 Å². The molecule has 1 N–H and O–H groups in total. The van der Waals surface area contributed by atoms with Crippen LogP contribution in [0.25, 0.3) is 0 Å². The Morgan fingerprint density at radius 2 is 1.58 bits per heavy atom. The average Bonchev–Trinajstić information content (AvgIpc) is 2.36. The van der Waals surface area contributed by atoms with E-state index in [2.05, 4.69) is 0 Å². The topological polar surface area (TPSA) is 63.6 Å². The highest BCUT2D eigenvalue weighted by atomic mass is 16.5. The van der Waals surface area contributed by atoms with Crippen LogP contribution in [-0.2, 0) is 14.3 Å². The number of carboxylic acid groups (broad SMARTS) is 1. The number of allylic oxidation sites excluding steroid dienone is 1. The van der Waals surface area contributed by atoms with Crippen LogP contribution in [0.4, 0.5) is 0 Å². The molecule has 0 aliphatic carbocycles. The summed E-state index contributed by atoms with van der Waals surface area (Å²) in [7, 11) is 0. The second-order valence-corrected chi connectivity index (χ2v) is 4.56. The quantitative estimate of drug-likeness (QED) is 0.333. The van der Waals surface area contributed by atoms with Gasteiger partial charge in [-0.1, -0.05) is 38.2 Å². The molecular weight excluding hydrogens is 244 g/mol. The highest BCUT2D eigenvalue weighted by molar-refractivity contribution is 5.79. The van der Waals surface area contributed by atoms with Gasteiger partial charge in [0, 0.05) is 12.5 Å². The number of carboxylic acids is 1. The number of carbonyl (C=O) groups excluding carboxylic acids is 1. The van der Waals surface area contributed by atoms with Gasteiger partial charge < -0.3 is 9.84 Å². The fraction of sp³-hybridized carbons (Fsp3) is 0.733. The number of unbranched alkanes of at least 4 members (excludes halogenated alkanes) is 7. The first-order valence-corrected chi connectivity index (χ1v) is 7.22. The van der Waals surface area contributed by atoms with Crippen molar-refractivity contribution in [3.63, 3.8) is 0 Å². The molecule has 110 valence electrons. The lowest BCUT2D eigenvalue weighted by molar-refractivity contribution is -0.143. The predicted octanol–water partition coefficient (Wildman–Crippen LogP) is 3.70. The van der Waals surface area contributed by atoms with Gasteiger partial charge in [0.25, 0.3) is 0 Å². The van der Waals surface area contributed by atoms with Gasteiger partial charge in [-0.2, -0.15) is 0 Å². The number of hydrogen-bond donors (Lipinski definition) is 1. The molecule has 0 aliphatic rings. The summed E-state index contributed by atoms with van der Waals surface area (Å²) in [6, 6.07) is 0. The zero-order valence-corrected chi connectivity index (χ0v) is 11.9. The molecular formula is C15H26O4. The molecule has 19 heavy (non-hydrogen) atoms. The van der Waals surface area contributed by atoms with Gasteiger partial charge in [-0.25, -0.2) is 4.79 Å². The van der Waals surface area contributed by atoms with Crippen molar-refractivity contribution in [2.45, 2.75) is 64.7 Å². The van der Waals surface area contributed by atoms with Gasteiger partial charge in [0.05, 0.1) is 6.61 Å². The van der Waals surface area contributed by atoms with Crippen molar-refractivity contribution in [2.24, 2.45) is 0 Å². The van der Waals surface area contributed by atoms with Gasteiger partial charge in [0.1, 0.15) is 0 Å². The summed E-state index contributed by atoms with van der Waals surface area (Å²) in [5, 5.41) is 8.39. The van der Waals surface area contributed by atoms with Gasteiger partial charge in [-0.15, -0.1) is 0 Å². The van der Waals surface area contributed by atoms with Crippen LogP contribution in [0, 0.1) is 0 Å². The first kappa shape index (κ1) is 17.7. The zero-order chi connectivity index (χ0) is 14.3. The molecule has 0 unspecified atom stereocenters. The summed E-state index contributed by atoms with van der Waals surface area (Å²) in [5.41, 5.74) is 0. The van der Waals surface area contributed by atoms with E-state index >= 15 is 0 Å². The number of carbonyl (C=O) groups is 2. The third-order valence-electron chi connectivity index (χ3n) is 2.82. The third-order valence-corrected chi connectivity index (χ3v) is 2.82. The molecule has 0 bridgehead atoms. The molecule has 4 nitrogen and oxygen atoms in total. The Kier molecular flexibility index (Phi) is 12.2. The lowest BCUT2D eigenvalue weighted by atomic mass is 10.1. The van der Waals surface area contributed by atoms with Gasteiger partial charge in [-0.05, 0) is 26.2 Å². The smallest absolute Gasteiger partial charge is 0.327 e. The molecule has 0 radical (unpaired) electrons. The molecule has 4 heteroatoms. The van der Waals surface area contributed by atoms with Crippen LogP contribution in [0.15, 0.2) is 12.2 Å². The summed E-state index contributed by atoms with van der Waals surface area (Å²) in [4.78, 5) is 21.3. The minimum absolute atomic E-state index is 0.0901. The largest absolute Gasteiger partial charge is 0.478 e. The molecule has 0 aromatic carbocycles. The monoisotopic (exact) mass is 270 g/mol. The molecule has 0 rings (SSSR count). The summed E-state index contributed by atoms with van der Waals surface area (Å²) in [5.74, 6) is -0.964. The maximum Gasteiger partial charge on any atom is 0.327 e. The first-order chi connectivity index (χ1) is 9.16. The fourth-order valence-electron chi connectivity index (χ4n) is 1.83. The Hall–Kier alpha value is -1.32. The molecule has 0 aromatic heterocycles. The molecule has 0 atom stereocenters. The fourth-order valence-corrected chi connectivity index (χ4v) is 1.83. The standard InChI is InChI=1S/C15H26O4/c1-2-19-15(18)13-11-9-7-5-3-4-6-8-10-12-14(16)17/h10,12H,2-9,11,13H2,1H3,(H,16,17). The van der Waals surface area contributed by atoms with Crippen LogP contribution >= 0.6 is 0 Å². The maximum atomic E-state index is 11.1. The van der Waals surface area contributed by atoms with Crippen molar-refractivity contribution in [1.82, 2.24) is 0 Å². The highest BCUT2D eigenvalue weighted by Gasteiger charge is 2.00. The SMILES string of the molecule is CCOC(=O)CCCCCCCCCC=CC(=O)O. The van der Waals surface area contributed by atoms with Gasteiger partial charge in [0.2, 0.25) is 0 Å². The normalized spacial score (nSPS) is 10.8. The molecule has 0 spiro atoms. The summed E-state index contributed by atoms with van der Waals surface area (Å²) >= 11 is 0. The number of esters is 1. The second-order valence-electron chi connectivity index (χ2n) is 4.56. The number of aliphatic carboxylic acids is 1. The molecule has 0 heterocycles. The zero-order valence-electron chi connectivity index (χ0n) is 11.9. The van der Waals surface area contributed by atoms with E-state index in [1.807, 2.05) is 6.92 Å². The predicted molar refractivity (Wildman–Crippen MR) is 75.0 cm³/mol. The lowest BCUT2D eigenvalue weighted by Crippen LogP contribution is -2.03. The van der Waals surface area contributed by atoms with Crippen LogP contribution in [0.3, 0.4) is 0 Å². The number of ether oxygens (including phenoxy) is 1. The summed E-state index contributed by atoms with van der Waals surface area (Å²) in [6.07, 6.45) is 12.0. The van der Waals surface area contributed by atoms with Crippen molar-refractivity contribution in [1.29, 1.82) is 0 Å². The lowest BCUT2D eigenvalue weighted by Gasteiger charge is -2.02. The Labute approximate surface area is 115 Å². The molecule has 0 amide bonds. The van der Waals surface area contributed by atoms with Crippen LogP contribution in [0.2, 0.25) is 0 Å². The maximum absolute atomic E-state index is 11.1. The Morgan fingerprint density at radius 1 is 1.00 bits per heavy atom. The van der Waals surface area contributed by atoms with E-state index in [-0.39, 0.29) is 5.97 Å². The van der Waals surface area contributed by atoms with Gasteiger partial charge in [0.15, 0.2) is 0 Å². The summed E-state index contributed by atoms with van der Waals surface area (Å²) < 4.78 is 4.85. The van der Waals surface area contributed by atoms with E-state index in [0.717, 1.165) is 38.5 Å². The average molecular weight is 270 g/mol. The molecule has 0 aliphatic heterocycles. The molecule has 0 fully saturated rings. The highest BCUT2D eigenvalue weighted by Crippen LogP contribution is 2.10. The van der Waals surface area contributed by atoms with Crippen LogP contribution in [0.5, 0.6) is 0 Å². The van der Waals surface area contributed by atoms with E-state index in [1.54, 1.807) is 6.08 Å². The third kappa shape index (κ3) is 14.6. The summed E-state index contributed by atoms with van der Waals surface area (Å²) in [6.45, 7) is 2.29. The van der Waals surface area contributed by atoms with E-state index in [9.17, 15) is 9.59 Å². The minimum atomic E-state index is -0.874. The first-order valence-electron chi connectivity index (χ1n) is 7.22. The number of hydrogen-bond acceptors (Lipinski definition) is 3.